The lowest BCUT2D eigenvalue weighted by Crippen LogP contribution is -1.95. The van der Waals surface area contributed by atoms with Crippen molar-refractivity contribution in [3.05, 3.63) is 62.4 Å². The van der Waals surface area contributed by atoms with Gasteiger partial charge >= 0.3 is 0 Å². The Morgan fingerprint density at radius 1 is 1.25 bits per heavy atom. The summed E-state index contributed by atoms with van der Waals surface area (Å²) in [6.07, 6.45) is 0. The number of hydrogen-bond acceptors (Lipinski definition) is 3. The van der Waals surface area contributed by atoms with Gasteiger partial charge in [0, 0.05) is 11.6 Å². The summed E-state index contributed by atoms with van der Waals surface area (Å²) in [5.41, 5.74) is 0.0684. The molecule has 0 spiro atoms. The summed E-state index contributed by atoms with van der Waals surface area (Å²) in [5, 5.41) is 10.8. The second-order valence-electron chi connectivity index (χ2n) is 3.80. The maximum atomic E-state index is 13.6. The third kappa shape index (κ3) is 2.91. The van der Waals surface area contributed by atoms with E-state index < -0.39 is 10.7 Å². The van der Waals surface area contributed by atoms with E-state index in [9.17, 15) is 14.5 Å². The van der Waals surface area contributed by atoms with E-state index in [1.807, 2.05) is 0 Å². The monoisotopic (exact) mass is 359 g/mol. The van der Waals surface area contributed by atoms with Gasteiger partial charge in [-0.25, -0.2) is 4.39 Å². The first kappa shape index (κ1) is 14.7. The van der Waals surface area contributed by atoms with Crippen LogP contribution >= 0.6 is 27.5 Å². The van der Waals surface area contributed by atoms with Crippen molar-refractivity contribution in [2.75, 3.05) is 0 Å². The summed E-state index contributed by atoms with van der Waals surface area (Å²) in [6.45, 7) is 0. The van der Waals surface area contributed by atoms with Gasteiger partial charge in [0.25, 0.3) is 5.69 Å². The Hall–Kier alpha value is -1.66. The van der Waals surface area contributed by atoms with Crippen molar-refractivity contribution in [3.63, 3.8) is 0 Å². The fourth-order valence-electron chi connectivity index (χ4n) is 1.60. The van der Waals surface area contributed by atoms with Crippen LogP contribution < -0.4 is 4.74 Å². The third-order valence-electron chi connectivity index (χ3n) is 2.57. The first-order valence-corrected chi connectivity index (χ1v) is 6.81. The molecule has 0 saturated carbocycles. The zero-order chi connectivity index (χ0) is 14.7. The van der Waals surface area contributed by atoms with Gasteiger partial charge in [0.15, 0.2) is 0 Å². The van der Waals surface area contributed by atoms with E-state index in [-0.39, 0.29) is 33.1 Å². The van der Waals surface area contributed by atoms with Gasteiger partial charge in [-0.15, -0.1) is 11.6 Å². The van der Waals surface area contributed by atoms with Gasteiger partial charge in [0.05, 0.1) is 10.8 Å². The summed E-state index contributed by atoms with van der Waals surface area (Å²) in [4.78, 5) is 10.3. The standard InChI is InChI=1S/C13H8BrClFNO3/c14-13-10(17(18)19)4-2-6-12(13)20-11-5-1-3-9(16)8(11)7-15/h1-6H,7H2. The van der Waals surface area contributed by atoms with Crippen molar-refractivity contribution >= 4 is 33.2 Å². The molecule has 0 fully saturated rings. The van der Waals surface area contributed by atoms with Crippen LogP contribution in [-0.4, -0.2) is 4.92 Å². The number of ether oxygens (including phenoxy) is 1. The number of rotatable bonds is 4. The van der Waals surface area contributed by atoms with Gasteiger partial charge in [-0.2, -0.15) is 0 Å². The van der Waals surface area contributed by atoms with Gasteiger partial charge in [-0.1, -0.05) is 12.1 Å². The molecule has 0 N–H and O–H groups in total. The fourth-order valence-corrected chi connectivity index (χ4v) is 2.35. The van der Waals surface area contributed by atoms with Crippen LogP contribution in [0.15, 0.2) is 40.9 Å². The molecule has 2 aromatic rings. The van der Waals surface area contributed by atoms with Gasteiger partial charge in [0.1, 0.15) is 21.8 Å². The minimum absolute atomic E-state index is 0.0610. The molecule has 20 heavy (non-hydrogen) atoms. The van der Waals surface area contributed by atoms with Gasteiger partial charge in [0.2, 0.25) is 0 Å². The molecule has 0 aliphatic heterocycles. The van der Waals surface area contributed by atoms with E-state index >= 15 is 0 Å². The van der Waals surface area contributed by atoms with Crippen molar-refractivity contribution in [2.45, 2.75) is 5.88 Å². The van der Waals surface area contributed by atoms with Crippen molar-refractivity contribution in [1.82, 2.24) is 0 Å². The first-order chi connectivity index (χ1) is 9.54. The van der Waals surface area contributed by atoms with Gasteiger partial charge in [-0.3, -0.25) is 10.1 Å². The van der Waals surface area contributed by atoms with Crippen LogP contribution in [-0.2, 0) is 5.88 Å². The molecule has 0 aliphatic rings. The molecule has 0 heterocycles. The quantitative estimate of drug-likeness (QED) is 0.436. The van der Waals surface area contributed by atoms with E-state index in [0.717, 1.165) is 0 Å². The van der Waals surface area contributed by atoms with Crippen LogP contribution in [0.1, 0.15) is 5.56 Å². The molecule has 0 bridgehead atoms. The predicted octanol–water partition coefficient (Wildman–Crippen LogP) is 5.03. The number of nitro benzene ring substituents is 1. The van der Waals surface area contributed by atoms with Crippen molar-refractivity contribution in [1.29, 1.82) is 0 Å². The van der Waals surface area contributed by atoms with Gasteiger partial charge < -0.3 is 4.74 Å². The van der Waals surface area contributed by atoms with E-state index in [0.29, 0.717) is 0 Å². The van der Waals surface area contributed by atoms with Crippen LogP contribution in [0, 0.1) is 15.9 Å². The van der Waals surface area contributed by atoms with Crippen molar-refractivity contribution < 1.29 is 14.1 Å². The predicted molar refractivity (Wildman–Crippen MR) is 76.8 cm³/mol. The van der Waals surface area contributed by atoms with E-state index in [1.165, 1.54) is 24.3 Å². The lowest BCUT2D eigenvalue weighted by molar-refractivity contribution is -0.385. The van der Waals surface area contributed by atoms with E-state index in [2.05, 4.69) is 15.9 Å². The smallest absolute Gasteiger partial charge is 0.287 e. The number of alkyl halides is 1. The molecule has 0 amide bonds. The molecule has 104 valence electrons. The highest BCUT2D eigenvalue weighted by atomic mass is 79.9. The van der Waals surface area contributed by atoms with Crippen LogP contribution in [0.4, 0.5) is 10.1 Å². The molecule has 0 radical (unpaired) electrons. The summed E-state index contributed by atoms with van der Waals surface area (Å²) in [5.74, 6) is -0.106. The van der Waals surface area contributed by atoms with Crippen molar-refractivity contribution in [3.8, 4) is 11.5 Å². The largest absolute Gasteiger partial charge is 0.455 e. The minimum Gasteiger partial charge on any atom is -0.455 e. The summed E-state index contributed by atoms with van der Waals surface area (Å²) in [7, 11) is 0. The highest BCUT2D eigenvalue weighted by molar-refractivity contribution is 9.10. The van der Waals surface area contributed by atoms with Crippen molar-refractivity contribution in [2.24, 2.45) is 0 Å². The lowest BCUT2D eigenvalue weighted by Gasteiger charge is -2.11. The fraction of sp³-hybridized carbons (Fsp3) is 0.0769. The summed E-state index contributed by atoms with van der Waals surface area (Å²) < 4.78 is 19.3. The molecule has 7 heteroatoms. The molecule has 4 nitrogen and oxygen atoms in total. The third-order valence-corrected chi connectivity index (χ3v) is 3.63. The topological polar surface area (TPSA) is 52.4 Å². The molecule has 2 aromatic carbocycles. The molecule has 0 aliphatic carbocycles. The molecule has 0 saturated heterocycles. The Morgan fingerprint density at radius 2 is 1.90 bits per heavy atom. The highest BCUT2D eigenvalue weighted by Crippen LogP contribution is 2.37. The maximum absolute atomic E-state index is 13.6. The van der Waals surface area contributed by atoms with Crippen LogP contribution in [0.3, 0.4) is 0 Å². The highest BCUT2D eigenvalue weighted by Gasteiger charge is 2.18. The number of hydrogen-bond donors (Lipinski definition) is 0. The molecular formula is C13H8BrClFNO3. The van der Waals surface area contributed by atoms with Crippen LogP contribution in [0.25, 0.3) is 0 Å². The molecule has 0 atom stereocenters. The summed E-state index contributed by atoms with van der Waals surface area (Å²) in [6, 6.07) is 8.66. The number of nitrogens with zero attached hydrogens (tertiary/aromatic N) is 1. The average Bonchev–Trinajstić information content (AvgIpc) is 2.41. The maximum Gasteiger partial charge on any atom is 0.287 e. The van der Waals surface area contributed by atoms with E-state index in [1.54, 1.807) is 12.1 Å². The van der Waals surface area contributed by atoms with Gasteiger partial charge in [-0.05, 0) is 34.1 Å². The Balaban J connectivity index is 2.43. The van der Waals surface area contributed by atoms with Crippen LogP contribution in [0.5, 0.6) is 11.5 Å². The zero-order valence-corrected chi connectivity index (χ0v) is 12.3. The van der Waals surface area contributed by atoms with E-state index in [4.69, 9.17) is 16.3 Å². The molecule has 0 unspecified atom stereocenters. The minimum atomic E-state index is -0.537. The molecule has 2 rings (SSSR count). The summed E-state index contributed by atoms with van der Waals surface area (Å²) >= 11 is 8.80. The zero-order valence-electron chi connectivity index (χ0n) is 9.98. The Labute approximate surface area is 127 Å². The van der Waals surface area contributed by atoms with Crippen LogP contribution in [0.2, 0.25) is 0 Å². The molecule has 0 aromatic heterocycles. The number of benzene rings is 2. The second-order valence-corrected chi connectivity index (χ2v) is 4.86. The Bertz CT molecular complexity index is 666. The lowest BCUT2D eigenvalue weighted by atomic mass is 10.2. The Kier molecular flexibility index (Phi) is 4.57. The number of nitro groups is 1. The second kappa shape index (κ2) is 6.19. The molecular weight excluding hydrogens is 353 g/mol. The Morgan fingerprint density at radius 3 is 2.55 bits per heavy atom. The average molecular weight is 361 g/mol. The first-order valence-electron chi connectivity index (χ1n) is 5.48. The SMILES string of the molecule is O=[N+]([O-])c1cccc(Oc2cccc(F)c2CCl)c1Br. The number of halogens is 3. The normalized spacial score (nSPS) is 10.3.